The van der Waals surface area contributed by atoms with Gasteiger partial charge in [-0.15, -0.1) is 5.10 Å². The van der Waals surface area contributed by atoms with Crippen LogP contribution in [0.2, 0.25) is 0 Å². The second kappa shape index (κ2) is 8.23. The zero-order chi connectivity index (χ0) is 21.0. The van der Waals surface area contributed by atoms with Gasteiger partial charge < -0.3 is 10.6 Å². The van der Waals surface area contributed by atoms with Gasteiger partial charge in [0.2, 0.25) is 0 Å². The Kier molecular flexibility index (Phi) is 4.98. The van der Waals surface area contributed by atoms with Gasteiger partial charge in [0.1, 0.15) is 17.5 Å². The fraction of sp³-hybridized carbons (Fsp3) is 0.0833. The van der Waals surface area contributed by atoms with E-state index in [1.165, 1.54) is 17.5 Å². The summed E-state index contributed by atoms with van der Waals surface area (Å²) < 4.78 is 1.67. The molecule has 2 N–H and O–H groups in total. The van der Waals surface area contributed by atoms with Crippen molar-refractivity contribution >= 4 is 22.5 Å². The fourth-order valence-corrected chi connectivity index (χ4v) is 3.64. The van der Waals surface area contributed by atoms with E-state index in [9.17, 15) is 0 Å². The molecule has 0 aliphatic rings. The van der Waals surface area contributed by atoms with Gasteiger partial charge in [-0.2, -0.15) is 4.68 Å². The maximum atomic E-state index is 6.62. The Morgan fingerprint density at radius 2 is 1.35 bits per heavy atom. The van der Waals surface area contributed by atoms with Crippen molar-refractivity contribution in [2.24, 2.45) is 0 Å². The van der Waals surface area contributed by atoms with E-state index >= 15 is 0 Å². The van der Waals surface area contributed by atoms with Crippen LogP contribution in [0.3, 0.4) is 0 Å². The van der Waals surface area contributed by atoms with Gasteiger partial charge in [0.15, 0.2) is 11.6 Å². The van der Waals surface area contributed by atoms with Crippen LogP contribution < -0.4 is 10.6 Å². The van der Waals surface area contributed by atoms with Crippen LogP contribution in [0.15, 0.2) is 91.3 Å². The summed E-state index contributed by atoms with van der Waals surface area (Å²) in [7, 11) is 0. The highest BCUT2D eigenvalue weighted by Crippen LogP contribution is 2.29. The van der Waals surface area contributed by atoms with Crippen LogP contribution in [0.1, 0.15) is 11.1 Å². The lowest BCUT2D eigenvalue weighted by atomic mass is 10.1. The summed E-state index contributed by atoms with van der Waals surface area (Å²) in [6.45, 7) is 1.32. The first-order chi connectivity index (χ1) is 15.3. The molecule has 0 bridgehead atoms. The van der Waals surface area contributed by atoms with E-state index in [0.717, 1.165) is 11.0 Å². The van der Waals surface area contributed by atoms with Crippen molar-refractivity contribution in [3.05, 3.63) is 102 Å². The number of nitrogens with zero attached hydrogens (tertiary/aromatic N) is 6. The van der Waals surface area contributed by atoms with Crippen molar-refractivity contribution in [3.63, 3.8) is 0 Å². The van der Waals surface area contributed by atoms with Crippen molar-refractivity contribution in [1.82, 2.24) is 25.0 Å². The molecule has 0 amide bonds. The van der Waals surface area contributed by atoms with Crippen LogP contribution in [0.25, 0.3) is 16.9 Å². The first-order valence-electron chi connectivity index (χ1n) is 10.0. The molecule has 0 aliphatic heterocycles. The smallest absolute Gasteiger partial charge is 0.184 e. The largest absolute Gasteiger partial charge is 0.393 e. The Morgan fingerprint density at radius 3 is 2.03 bits per heavy atom. The van der Waals surface area contributed by atoms with E-state index < -0.39 is 0 Å². The Hall–Kier alpha value is -4.26. The van der Waals surface area contributed by atoms with Gasteiger partial charge in [0.25, 0.3) is 0 Å². The Balaban J connectivity index is 1.58. The number of rotatable bonds is 6. The van der Waals surface area contributed by atoms with E-state index in [-0.39, 0.29) is 0 Å². The third-order valence-corrected chi connectivity index (χ3v) is 5.13. The van der Waals surface area contributed by atoms with Crippen LogP contribution in [-0.4, -0.2) is 25.0 Å². The number of aromatic nitrogens is 5. The molecule has 0 atom stereocenters. The molecule has 31 heavy (non-hydrogen) atoms. The van der Waals surface area contributed by atoms with E-state index in [1.807, 2.05) is 60.7 Å². The third kappa shape index (κ3) is 3.81. The number of benzene rings is 3. The molecular weight excluding hydrogens is 386 g/mol. The number of nitrogens with two attached hydrogens (primary N) is 1. The summed E-state index contributed by atoms with van der Waals surface area (Å²) >= 11 is 0. The first-order valence-corrected chi connectivity index (χ1v) is 10.0. The van der Waals surface area contributed by atoms with Crippen LogP contribution >= 0.6 is 0 Å². The highest BCUT2D eigenvalue weighted by atomic mass is 15.4. The number of fused-ring (bicyclic) bond motifs is 1. The van der Waals surface area contributed by atoms with Crippen LogP contribution in [0, 0.1) is 0 Å². The molecule has 0 spiro atoms. The van der Waals surface area contributed by atoms with Crippen molar-refractivity contribution in [1.29, 1.82) is 0 Å². The van der Waals surface area contributed by atoms with E-state index in [4.69, 9.17) is 5.73 Å². The fourth-order valence-electron chi connectivity index (χ4n) is 3.64. The Morgan fingerprint density at radius 1 is 0.742 bits per heavy atom. The minimum Gasteiger partial charge on any atom is -0.393 e. The number of para-hydroxylation sites is 1. The molecule has 0 aliphatic carbocycles. The quantitative estimate of drug-likeness (QED) is 0.458. The molecule has 2 heterocycles. The van der Waals surface area contributed by atoms with Gasteiger partial charge in [-0.1, -0.05) is 78.0 Å². The second-order valence-electron chi connectivity index (χ2n) is 7.25. The summed E-state index contributed by atoms with van der Waals surface area (Å²) in [6, 6.07) is 28.3. The molecule has 0 saturated carbocycles. The average molecular weight is 407 g/mol. The minimum atomic E-state index is 0.463. The van der Waals surface area contributed by atoms with Crippen molar-refractivity contribution in [2.75, 3.05) is 10.6 Å². The molecule has 2 aromatic heterocycles. The van der Waals surface area contributed by atoms with Crippen molar-refractivity contribution in [2.45, 2.75) is 13.1 Å². The number of anilines is 2. The van der Waals surface area contributed by atoms with E-state index in [0.29, 0.717) is 30.4 Å². The first kappa shape index (κ1) is 18.7. The summed E-state index contributed by atoms with van der Waals surface area (Å²) in [6.07, 6.45) is 1.53. The van der Waals surface area contributed by atoms with E-state index in [2.05, 4.69) is 49.4 Å². The normalized spacial score (nSPS) is 11.0. The molecule has 0 fully saturated rings. The highest BCUT2D eigenvalue weighted by Gasteiger charge is 2.19. The van der Waals surface area contributed by atoms with Gasteiger partial charge >= 0.3 is 0 Å². The predicted octanol–water partition coefficient (Wildman–Crippen LogP) is 4.00. The highest BCUT2D eigenvalue weighted by molar-refractivity contribution is 5.79. The molecule has 5 aromatic rings. The molecule has 3 aromatic carbocycles. The lowest BCUT2D eigenvalue weighted by Crippen LogP contribution is -2.25. The number of nitrogen functional groups attached to an aromatic ring is 1. The zero-order valence-electron chi connectivity index (χ0n) is 16.8. The average Bonchev–Trinajstić information content (AvgIpc) is 3.24. The van der Waals surface area contributed by atoms with Gasteiger partial charge in [-0.25, -0.2) is 9.97 Å². The lowest BCUT2D eigenvalue weighted by Gasteiger charge is -2.26. The maximum Gasteiger partial charge on any atom is 0.184 e. The summed E-state index contributed by atoms with van der Waals surface area (Å²) in [5.74, 6) is 1.18. The predicted molar refractivity (Wildman–Crippen MR) is 122 cm³/mol. The zero-order valence-corrected chi connectivity index (χ0v) is 16.8. The van der Waals surface area contributed by atoms with Crippen molar-refractivity contribution in [3.8, 4) is 5.82 Å². The van der Waals surface area contributed by atoms with E-state index in [1.54, 1.807) is 4.68 Å². The third-order valence-electron chi connectivity index (χ3n) is 5.13. The van der Waals surface area contributed by atoms with Crippen LogP contribution in [0.4, 0.5) is 11.5 Å². The van der Waals surface area contributed by atoms with Gasteiger partial charge in [-0.3, -0.25) is 0 Å². The molecule has 0 unspecified atom stereocenters. The molecular formula is C24H21N7. The molecule has 7 nitrogen and oxygen atoms in total. The minimum absolute atomic E-state index is 0.463. The molecule has 152 valence electrons. The van der Waals surface area contributed by atoms with Gasteiger partial charge in [0.05, 0.1) is 5.52 Å². The summed E-state index contributed by atoms with van der Waals surface area (Å²) in [5.41, 5.74) is 11.1. The molecule has 5 rings (SSSR count). The van der Waals surface area contributed by atoms with Crippen molar-refractivity contribution < 1.29 is 0 Å². The van der Waals surface area contributed by atoms with Gasteiger partial charge in [-0.05, 0) is 23.3 Å². The summed E-state index contributed by atoms with van der Waals surface area (Å²) in [4.78, 5) is 11.1. The second-order valence-corrected chi connectivity index (χ2v) is 7.25. The Labute approximate surface area is 179 Å². The maximum absolute atomic E-state index is 6.62. The monoisotopic (exact) mass is 407 g/mol. The molecule has 0 radical (unpaired) electrons. The topological polar surface area (TPSA) is 85.8 Å². The number of hydrogen-bond donors (Lipinski definition) is 1. The van der Waals surface area contributed by atoms with Crippen LogP contribution in [-0.2, 0) is 13.1 Å². The van der Waals surface area contributed by atoms with Crippen LogP contribution in [0.5, 0.6) is 0 Å². The molecule has 7 heteroatoms. The molecule has 0 saturated heterocycles. The lowest BCUT2D eigenvalue weighted by molar-refractivity contribution is 0.767. The summed E-state index contributed by atoms with van der Waals surface area (Å²) in [5, 5.41) is 8.50. The van der Waals surface area contributed by atoms with Gasteiger partial charge in [0, 0.05) is 13.1 Å². The Bertz CT molecular complexity index is 1260. The standard InChI is InChI=1S/C24H21N7/c25-22-23(26-17-27-24(22)31-21-14-8-7-13-20(21)28-29-31)30(15-18-9-3-1-4-10-18)16-19-11-5-2-6-12-19/h1-14,17H,15-16,25H2. The SMILES string of the molecule is Nc1c(N(Cc2ccccc2)Cc2ccccc2)ncnc1-n1nnc2ccccc21. The number of hydrogen-bond acceptors (Lipinski definition) is 6.